The predicted molar refractivity (Wildman–Crippen MR) is 75.3 cm³/mol. The molecule has 2 bridgehead atoms. The molecule has 0 saturated heterocycles. The third-order valence-corrected chi connectivity index (χ3v) is 5.50. The van der Waals surface area contributed by atoms with E-state index in [9.17, 15) is 20.0 Å². The monoisotopic (exact) mass is 288 g/mol. The van der Waals surface area contributed by atoms with Crippen molar-refractivity contribution in [3.63, 3.8) is 0 Å². The van der Waals surface area contributed by atoms with Crippen LogP contribution in [0.2, 0.25) is 0 Å². The van der Waals surface area contributed by atoms with Crippen molar-refractivity contribution in [3.05, 3.63) is 33.9 Å². The van der Waals surface area contributed by atoms with E-state index < -0.39 is 10.9 Å². The average molecular weight is 288 g/mol. The molecule has 110 valence electrons. The third-order valence-electron chi connectivity index (χ3n) is 5.50. The highest BCUT2D eigenvalue weighted by Crippen LogP contribution is 2.66. The lowest BCUT2D eigenvalue weighted by Crippen LogP contribution is -2.15. The lowest BCUT2D eigenvalue weighted by molar-refractivity contribution is -0.384. The number of hydrogen-bond acceptors (Lipinski definition) is 4. The minimum Gasteiger partial charge on any atom is -0.478 e. The molecule has 0 aromatic heterocycles. The van der Waals surface area contributed by atoms with E-state index in [0.29, 0.717) is 23.6 Å². The van der Waals surface area contributed by atoms with E-state index in [1.807, 2.05) is 0 Å². The normalized spacial score (nSPS) is 35.3. The van der Waals surface area contributed by atoms with Crippen molar-refractivity contribution in [2.24, 2.45) is 23.7 Å². The van der Waals surface area contributed by atoms with Crippen LogP contribution in [0.4, 0.5) is 11.4 Å². The van der Waals surface area contributed by atoms with Crippen molar-refractivity contribution in [2.45, 2.75) is 25.3 Å². The van der Waals surface area contributed by atoms with Crippen LogP contribution in [0.3, 0.4) is 0 Å². The van der Waals surface area contributed by atoms with Crippen LogP contribution in [0.1, 0.15) is 29.6 Å². The molecule has 0 heterocycles. The van der Waals surface area contributed by atoms with Gasteiger partial charge in [-0.25, -0.2) is 4.79 Å². The van der Waals surface area contributed by atoms with Crippen molar-refractivity contribution < 1.29 is 14.8 Å². The Kier molecular flexibility index (Phi) is 2.52. The average Bonchev–Trinajstić information content (AvgIpc) is 2.83. The number of non-ortho nitro benzene ring substituents is 1. The first-order valence-corrected chi connectivity index (χ1v) is 7.34. The zero-order valence-corrected chi connectivity index (χ0v) is 11.4. The van der Waals surface area contributed by atoms with Crippen molar-refractivity contribution in [1.29, 1.82) is 0 Å². The van der Waals surface area contributed by atoms with Gasteiger partial charge < -0.3 is 10.4 Å². The number of anilines is 1. The summed E-state index contributed by atoms with van der Waals surface area (Å²) in [5, 5.41) is 23.4. The molecule has 1 aromatic rings. The van der Waals surface area contributed by atoms with Gasteiger partial charge in [0, 0.05) is 23.9 Å². The molecule has 3 fully saturated rings. The molecule has 0 amide bonds. The lowest BCUT2D eigenvalue weighted by Gasteiger charge is -2.13. The predicted octanol–water partition coefficient (Wildman–Crippen LogP) is 2.75. The second-order valence-corrected chi connectivity index (χ2v) is 6.45. The van der Waals surface area contributed by atoms with Gasteiger partial charge in [-0.2, -0.15) is 0 Å². The molecule has 3 saturated carbocycles. The summed E-state index contributed by atoms with van der Waals surface area (Å²) >= 11 is 0. The van der Waals surface area contributed by atoms with Gasteiger partial charge in [0.05, 0.1) is 10.5 Å². The summed E-state index contributed by atoms with van der Waals surface area (Å²) in [6.45, 7) is 0. The van der Waals surface area contributed by atoms with Gasteiger partial charge in [-0.15, -0.1) is 0 Å². The van der Waals surface area contributed by atoms with Gasteiger partial charge in [0.15, 0.2) is 0 Å². The van der Waals surface area contributed by atoms with Gasteiger partial charge in [-0.1, -0.05) is 0 Å². The minimum absolute atomic E-state index is 0.0125. The van der Waals surface area contributed by atoms with Crippen molar-refractivity contribution in [1.82, 2.24) is 0 Å². The Balaban J connectivity index is 1.58. The molecule has 2 N–H and O–H groups in total. The Morgan fingerprint density at radius 3 is 2.52 bits per heavy atom. The highest BCUT2D eigenvalue weighted by atomic mass is 16.6. The van der Waals surface area contributed by atoms with Gasteiger partial charge >= 0.3 is 5.97 Å². The SMILES string of the molecule is O=C(O)c1cc([N+](=O)[O-])ccc1NC1C2C3CCC(C3)C12. The Morgan fingerprint density at radius 2 is 1.95 bits per heavy atom. The summed E-state index contributed by atoms with van der Waals surface area (Å²) in [4.78, 5) is 21.5. The van der Waals surface area contributed by atoms with E-state index in [1.54, 1.807) is 0 Å². The molecule has 0 aliphatic heterocycles. The number of nitro groups is 1. The lowest BCUT2D eigenvalue weighted by atomic mass is 10.0. The van der Waals surface area contributed by atoms with Gasteiger partial charge in [-0.3, -0.25) is 10.1 Å². The molecule has 3 aliphatic carbocycles. The van der Waals surface area contributed by atoms with Crippen LogP contribution in [0.15, 0.2) is 18.2 Å². The van der Waals surface area contributed by atoms with Crippen LogP contribution in [-0.2, 0) is 0 Å². The number of nitrogens with zero attached hydrogens (tertiary/aromatic N) is 1. The second-order valence-electron chi connectivity index (χ2n) is 6.45. The molecule has 3 aliphatic rings. The van der Waals surface area contributed by atoms with Crippen LogP contribution in [0.5, 0.6) is 0 Å². The first kappa shape index (κ1) is 12.6. The van der Waals surface area contributed by atoms with Crippen molar-refractivity contribution in [2.75, 3.05) is 5.32 Å². The molecular weight excluding hydrogens is 272 g/mol. The van der Waals surface area contributed by atoms with Crippen molar-refractivity contribution >= 4 is 17.3 Å². The fraction of sp³-hybridized carbons (Fsp3) is 0.533. The van der Waals surface area contributed by atoms with E-state index in [2.05, 4.69) is 5.32 Å². The maximum atomic E-state index is 11.3. The molecule has 1 aromatic carbocycles. The van der Waals surface area contributed by atoms with Crippen LogP contribution < -0.4 is 5.32 Å². The Labute approximate surface area is 121 Å². The van der Waals surface area contributed by atoms with E-state index in [0.717, 1.165) is 17.9 Å². The number of benzene rings is 1. The zero-order chi connectivity index (χ0) is 14.7. The smallest absolute Gasteiger partial charge is 0.338 e. The number of carbonyl (C=O) groups is 1. The molecule has 21 heavy (non-hydrogen) atoms. The third kappa shape index (κ3) is 1.81. The standard InChI is InChI=1S/C15H16N2O4/c18-15(19)10-6-9(17(20)21)3-4-11(10)16-14-12-7-1-2-8(5-7)13(12)14/h3-4,6-8,12-14,16H,1-2,5H2,(H,18,19). The molecule has 0 spiro atoms. The number of carboxylic acid groups (broad SMARTS) is 1. The molecule has 4 unspecified atom stereocenters. The number of carboxylic acids is 1. The van der Waals surface area contributed by atoms with Crippen molar-refractivity contribution in [3.8, 4) is 0 Å². The molecule has 0 radical (unpaired) electrons. The summed E-state index contributed by atoms with van der Waals surface area (Å²) < 4.78 is 0. The van der Waals surface area contributed by atoms with Crippen LogP contribution in [0.25, 0.3) is 0 Å². The van der Waals surface area contributed by atoms with Gasteiger partial charge in [0.1, 0.15) is 0 Å². The molecule has 6 heteroatoms. The minimum atomic E-state index is -1.13. The number of hydrogen-bond donors (Lipinski definition) is 2. The molecule has 4 atom stereocenters. The van der Waals surface area contributed by atoms with Crippen LogP contribution >= 0.6 is 0 Å². The summed E-state index contributed by atoms with van der Waals surface area (Å²) in [7, 11) is 0. The summed E-state index contributed by atoms with van der Waals surface area (Å²) in [5.41, 5.74) is 0.308. The van der Waals surface area contributed by atoms with Gasteiger partial charge in [0.2, 0.25) is 0 Å². The number of nitrogens with one attached hydrogen (secondary N) is 1. The quantitative estimate of drug-likeness (QED) is 0.656. The first-order valence-electron chi connectivity index (χ1n) is 7.34. The summed E-state index contributed by atoms with van der Waals surface area (Å²) in [6, 6.07) is 4.38. The number of rotatable bonds is 4. The zero-order valence-electron chi connectivity index (χ0n) is 11.4. The van der Waals surface area contributed by atoms with Gasteiger partial charge in [0.25, 0.3) is 5.69 Å². The first-order chi connectivity index (χ1) is 10.1. The highest BCUT2D eigenvalue weighted by Gasteiger charge is 2.65. The highest BCUT2D eigenvalue weighted by molar-refractivity contribution is 5.95. The summed E-state index contributed by atoms with van der Waals surface area (Å²) in [6.07, 6.45) is 3.94. The molecular formula is C15H16N2O4. The topological polar surface area (TPSA) is 92.5 Å². The van der Waals surface area contributed by atoms with Gasteiger partial charge in [-0.05, 0) is 49.0 Å². The molecule has 4 rings (SSSR count). The Bertz CT molecular complexity index is 629. The largest absolute Gasteiger partial charge is 0.478 e. The van der Waals surface area contributed by atoms with Crippen LogP contribution in [-0.4, -0.2) is 22.0 Å². The molecule has 6 nitrogen and oxygen atoms in total. The summed E-state index contributed by atoms with van der Waals surface area (Å²) in [5.74, 6) is 1.82. The Hall–Kier alpha value is -2.11. The fourth-order valence-electron chi connectivity index (χ4n) is 4.65. The number of aromatic carboxylic acids is 1. The van der Waals surface area contributed by atoms with E-state index in [-0.39, 0.29) is 11.3 Å². The second kappa shape index (κ2) is 4.19. The van der Waals surface area contributed by atoms with E-state index in [1.165, 1.54) is 31.4 Å². The Morgan fingerprint density at radius 1 is 1.29 bits per heavy atom. The maximum Gasteiger partial charge on any atom is 0.338 e. The maximum absolute atomic E-state index is 11.3. The number of nitro benzene ring substituents is 1. The fourth-order valence-corrected chi connectivity index (χ4v) is 4.65. The van der Waals surface area contributed by atoms with E-state index in [4.69, 9.17) is 0 Å². The van der Waals surface area contributed by atoms with Crippen LogP contribution in [0, 0.1) is 33.8 Å². The number of fused-ring (bicyclic) bond motifs is 5. The van der Waals surface area contributed by atoms with E-state index >= 15 is 0 Å².